The first-order valence-electron chi connectivity index (χ1n) is 17.2. The van der Waals surface area contributed by atoms with Crippen LogP contribution in [-0.2, 0) is 5.41 Å². The predicted octanol–water partition coefficient (Wildman–Crippen LogP) is 12.2. The van der Waals surface area contributed by atoms with Gasteiger partial charge in [0.05, 0.1) is 5.41 Å². The molecule has 1 aliphatic rings. The van der Waals surface area contributed by atoms with Gasteiger partial charge in [0.15, 0.2) is 11.4 Å². The number of benzene rings is 7. The third-order valence-electron chi connectivity index (χ3n) is 10.0. The van der Waals surface area contributed by atoms with Crippen molar-refractivity contribution in [3.63, 3.8) is 0 Å². The number of hydrogen-bond acceptors (Lipinski definition) is 4. The van der Waals surface area contributed by atoms with Gasteiger partial charge in [0, 0.05) is 26.3 Å². The van der Waals surface area contributed by atoms with Crippen LogP contribution in [0.1, 0.15) is 22.3 Å². The third kappa shape index (κ3) is 4.68. The summed E-state index contributed by atoms with van der Waals surface area (Å²) in [6.07, 6.45) is 0. The number of fused-ring (bicyclic) bond motifs is 5. The van der Waals surface area contributed by atoms with Gasteiger partial charge in [0.1, 0.15) is 16.8 Å². The lowest BCUT2D eigenvalue weighted by molar-refractivity contribution is 0.667. The quantitative estimate of drug-likeness (QED) is 0.183. The van der Waals surface area contributed by atoms with Gasteiger partial charge in [-0.2, -0.15) is 0 Å². The molecule has 1 aliphatic heterocycles. The van der Waals surface area contributed by atoms with Crippen LogP contribution in [0.2, 0.25) is 0 Å². The Bertz CT molecular complexity index is 2680. The molecular weight excluding hydrogens is 641 g/mol. The van der Waals surface area contributed by atoms with Crippen molar-refractivity contribution in [2.45, 2.75) is 15.2 Å². The lowest BCUT2D eigenvalue weighted by Gasteiger charge is -2.42. The Balaban J connectivity index is 1.27. The van der Waals surface area contributed by atoms with Crippen molar-refractivity contribution < 1.29 is 4.42 Å². The fourth-order valence-electron chi connectivity index (χ4n) is 7.79. The summed E-state index contributed by atoms with van der Waals surface area (Å²) in [5, 5.41) is 0.974. The van der Waals surface area contributed by atoms with Crippen molar-refractivity contribution in [3.8, 4) is 33.8 Å². The normalized spacial score (nSPS) is 13.2. The smallest absolute Gasteiger partial charge is 0.180 e. The van der Waals surface area contributed by atoms with Crippen molar-refractivity contribution in [2.24, 2.45) is 0 Å². The molecule has 0 aliphatic carbocycles. The molecule has 240 valence electrons. The lowest BCUT2D eigenvalue weighted by atomic mass is 9.64. The van der Waals surface area contributed by atoms with E-state index in [4.69, 9.17) is 14.4 Å². The number of aromatic nitrogens is 2. The molecule has 0 unspecified atom stereocenters. The topological polar surface area (TPSA) is 38.9 Å². The second kappa shape index (κ2) is 12.0. The van der Waals surface area contributed by atoms with E-state index < -0.39 is 5.41 Å². The molecule has 10 rings (SSSR count). The van der Waals surface area contributed by atoms with E-state index in [9.17, 15) is 0 Å². The molecule has 4 heteroatoms. The van der Waals surface area contributed by atoms with E-state index in [0.717, 1.165) is 49.3 Å². The Morgan fingerprint density at radius 1 is 0.490 bits per heavy atom. The van der Waals surface area contributed by atoms with Crippen molar-refractivity contribution in [3.05, 3.63) is 204 Å². The van der Waals surface area contributed by atoms with E-state index in [1.807, 2.05) is 24.3 Å². The van der Waals surface area contributed by atoms with Crippen LogP contribution >= 0.6 is 11.8 Å². The summed E-state index contributed by atoms with van der Waals surface area (Å²) >= 11 is 1.80. The van der Waals surface area contributed by atoms with Crippen LogP contribution in [0.3, 0.4) is 0 Å². The zero-order valence-corrected chi connectivity index (χ0v) is 28.3. The Morgan fingerprint density at radius 3 is 1.88 bits per heavy atom. The molecule has 0 amide bonds. The van der Waals surface area contributed by atoms with Gasteiger partial charge in [-0.3, -0.25) is 0 Å². The van der Waals surface area contributed by atoms with E-state index in [1.165, 1.54) is 27.1 Å². The molecular formula is C47H30N2OS. The van der Waals surface area contributed by atoms with Crippen LogP contribution < -0.4 is 0 Å². The summed E-state index contributed by atoms with van der Waals surface area (Å²) < 4.78 is 6.55. The Hall–Kier alpha value is -6.23. The molecule has 3 nitrogen and oxygen atoms in total. The summed E-state index contributed by atoms with van der Waals surface area (Å²) in [6.45, 7) is 0. The van der Waals surface area contributed by atoms with E-state index >= 15 is 0 Å². The van der Waals surface area contributed by atoms with Crippen molar-refractivity contribution in [1.29, 1.82) is 0 Å². The highest BCUT2D eigenvalue weighted by atomic mass is 32.2. The maximum atomic E-state index is 6.55. The van der Waals surface area contributed by atoms with Crippen molar-refractivity contribution in [1.82, 2.24) is 9.97 Å². The molecule has 0 radical (unpaired) electrons. The van der Waals surface area contributed by atoms with E-state index in [0.29, 0.717) is 11.4 Å². The highest BCUT2D eigenvalue weighted by Crippen LogP contribution is 2.57. The summed E-state index contributed by atoms with van der Waals surface area (Å²) in [7, 11) is 0. The van der Waals surface area contributed by atoms with Gasteiger partial charge >= 0.3 is 0 Å². The Labute approximate surface area is 300 Å². The minimum Gasteiger partial charge on any atom is -0.452 e. The molecule has 0 atom stereocenters. The fraction of sp³-hybridized carbons (Fsp3) is 0.0213. The molecule has 7 aromatic carbocycles. The lowest BCUT2D eigenvalue weighted by Crippen LogP contribution is -2.34. The molecule has 0 bridgehead atoms. The van der Waals surface area contributed by atoms with Crippen LogP contribution in [0.15, 0.2) is 196 Å². The summed E-state index contributed by atoms with van der Waals surface area (Å²) in [5.74, 6) is 0.674. The predicted molar refractivity (Wildman–Crippen MR) is 208 cm³/mol. The van der Waals surface area contributed by atoms with E-state index in [-0.39, 0.29) is 0 Å². The SMILES string of the molecule is c1ccc(-c2cccc(-c3nc(-c4cccc5c4Sc4ccccc4C5(c4ccccc4)c4ccccc4)nc4c3oc3ccccc34)c2)cc1. The molecule has 0 N–H and O–H groups in total. The van der Waals surface area contributed by atoms with Gasteiger partial charge in [0.2, 0.25) is 0 Å². The van der Waals surface area contributed by atoms with Gasteiger partial charge in [0.25, 0.3) is 0 Å². The highest BCUT2D eigenvalue weighted by Gasteiger charge is 2.45. The molecule has 51 heavy (non-hydrogen) atoms. The first kappa shape index (κ1) is 29.7. The maximum absolute atomic E-state index is 6.55. The molecule has 0 spiro atoms. The number of furan rings is 1. The summed E-state index contributed by atoms with van der Waals surface area (Å²) in [5.41, 5.74) is 11.7. The first-order chi connectivity index (χ1) is 25.3. The molecule has 0 saturated carbocycles. The van der Waals surface area contributed by atoms with E-state index in [1.54, 1.807) is 11.8 Å². The van der Waals surface area contributed by atoms with Gasteiger partial charge in [-0.15, -0.1) is 0 Å². The second-order valence-corrected chi connectivity index (χ2v) is 13.9. The Morgan fingerprint density at radius 2 is 1.10 bits per heavy atom. The summed E-state index contributed by atoms with van der Waals surface area (Å²) in [6, 6.07) is 64.4. The number of nitrogens with zero attached hydrogens (tertiary/aromatic N) is 2. The van der Waals surface area contributed by atoms with Crippen LogP contribution in [0.25, 0.3) is 55.8 Å². The third-order valence-corrected chi connectivity index (χ3v) is 11.3. The number of hydrogen-bond donors (Lipinski definition) is 0. The second-order valence-electron chi connectivity index (χ2n) is 12.9. The van der Waals surface area contributed by atoms with Crippen LogP contribution in [0, 0.1) is 0 Å². The molecule has 3 heterocycles. The number of para-hydroxylation sites is 1. The summed E-state index contributed by atoms with van der Waals surface area (Å²) in [4.78, 5) is 13.1. The average molecular weight is 671 g/mol. The standard InChI is InChI=1S/C47H30N2OS/c1-4-16-31(17-5-1)32-18-14-19-33(30-32)42-44-43(36-24-10-12-28-40(36)50-44)49-46(48-42)37-25-15-27-39-45(37)51-41-29-13-11-26-38(41)47(39,34-20-6-2-7-21-34)35-22-8-3-9-23-35/h1-30H. The van der Waals surface area contributed by atoms with Gasteiger partial charge in [-0.05, 0) is 57.6 Å². The van der Waals surface area contributed by atoms with E-state index in [2.05, 4.69) is 158 Å². The molecule has 9 aromatic rings. The average Bonchev–Trinajstić information content (AvgIpc) is 3.59. The van der Waals surface area contributed by atoms with Crippen molar-refractivity contribution in [2.75, 3.05) is 0 Å². The molecule has 0 fully saturated rings. The minimum atomic E-state index is -0.547. The van der Waals surface area contributed by atoms with Crippen LogP contribution in [0.5, 0.6) is 0 Å². The van der Waals surface area contributed by atoms with Crippen molar-refractivity contribution >= 4 is 33.8 Å². The van der Waals surface area contributed by atoms with Gasteiger partial charge in [-0.1, -0.05) is 169 Å². The largest absolute Gasteiger partial charge is 0.452 e. The monoisotopic (exact) mass is 670 g/mol. The first-order valence-corrected chi connectivity index (χ1v) is 18.0. The highest BCUT2D eigenvalue weighted by molar-refractivity contribution is 7.99. The van der Waals surface area contributed by atoms with Crippen LogP contribution in [-0.4, -0.2) is 9.97 Å². The zero-order chi connectivity index (χ0) is 33.8. The minimum absolute atomic E-state index is 0.547. The Kier molecular flexibility index (Phi) is 6.97. The zero-order valence-electron chi connectivity index (χ0n) is 27.5. The fourth-order valence-corrected chi connectivity index (χ4v) is 9.09. The van der Waals surface area contributed by atoms with Crippen LogP contribution in [0.4, 0.5) is 0 Å². The number of rotatable bonds is 5. The van der Waals surface area contributed by atoms with Gasteiger partial charge in [-0.25, -0.2) is 9.97 Å². The van der Waals surface area contributed by atoms with Gasteiger partial charge < -0.3 is 4.42 Å². The molecule has 0 saturated heterocycles. The maximum Gasteiger partial charge on any atom is 0.180 e. The molecule has 2 aromatic heterocycles.